The van der Waals surface area contributed by atoms with Crippen LogP contribution in [0.1, 0.15) is 21.5 Å². The fraction of sp³-hybridized carbons (Fsp3) is 0.200. The molecule has 1 aromatic carbocycles. The highest BCUT2D eigenvalue weighted by molar-refractivity contribution is 5.96. The number of pyridine rings is 1. The number of hydrogen-bond donors (Lipinski definition) is 0. The minimum Gasteiger partial charge on any atom is -0.301 e. The van der Waals surface area contributed by atoms with Crippen LogP contribution in [0, 0.1) is 29.8 Å². The SMILES string of the molecule is Cc1cc(C(=O)Cn2cc([N+](=O)[O-])c(C)cc2=O)ccc1F. The van der Waals surface area contributed by atoms with Crippen LogP contribution in [-0.4, -0.2) is 15.3 Å². The molecule has 0 N–H and O–H groups in total. The van der Waals surface area contributed by atoms with E-state index >= 15 is 0 Å². The first-order valence-corrected chi connectivity index (χ1v) is 6.44. The lowest BCUT2D eigenvalue weighted by Crippen LogP contribution is -2.24. The molecule has 22 heavy (non-hydrogen) atoms. The van der Waals surface area contributed by atoms with Crippen LogP contribution in [0.2, 0.25) is 0 Å². The Balaban J connectivity index is 2.36. The summed E-state index contributed by atoms with van der Waals surface area (Å²) in [7, 11) is 0. The van der Waals surface area contributed by atoms with Crippen molar-refractivity contribution in [3.05, 3.63) is 73.4 Å². The Kier molecular flexibility index (Phi) is 4.16. The molecule has 0 saturated heterocycles. The molecule has 0 fully saturated rings. The second-order valence-corrected chi connectivity index (χ2v) is 4.95. The zero-order chi connectivity index (χ0) is 16.4. The van der Waals surface area contributed by atoms with Crippen LogP contribution in [0.5, 0.6) is 0 Å². The third-order valence-electron chi connectivity index (χ3n) is 3.30. The van der Waals surface area contributed by atoms with E-state index in [1.807, 2.05) is 0 Å². The monoisotopic (exact) mass is 304 g/mol. The van der Waals surface area contributed by atoms with E-state index < -0.39 is 22.1 Å². The Morgan fingerprint density at radius 3 is 2.55 bits per heavy atom. The second kappa shape index (κ2) is 5.88. The number of nitro groups is 1. The maximum Gasteiger partial charge on any atom is 0.288 e. The van der Waals surface area contributed by atoms with Gasteiger partial charge in [-0.05, 0) is 37.6 Å². The first-order chi connectivity index (χ1) is 10.3. The Morgan fingerprint density at radius 1 is 1.27 bits per heavy atom. The van der Waals surface area contributed by atoms with Crippen LogP contribution in [-0.2, 0) is 6.54 Å². The number of nitrogens with zero attached hydrogens (tertiary/aromatic N) is 2. The molecule has 0 amide bonds. The van der Waals surface area contributed by atoms with Crippen LogP contribution >= 0.6 is 0 Å². The molecule has 0 atom stereocenters. The molecule has 114 valence electrons. The van der Waals surface area contributed by atoms with Gasteiger partial charge in [0.25, 0.3) is 11.2 Å². The smallest absolute Gasteiger partial charge is 0.288 e. The molecule has 1 heterocycles. The van der Waals surface area contributed by atoms with Crippen LogP contribution in [0.25, 0.3) is 0 Å². The number of aromatic nitrogens is 1. The predicted molar refractivity (Wildman–Crippen MR) is 77.6 cm³/mol. The van der Waals surface area contributed by atoms with Gasteiger partial charge in [0, 0.05) is 17.2 Å². The molecule has 0 aliphatic heterocycles. The van der Waals surface area contributed by atoms with E-state index in [1.54, 1.807) is 0 Å². The van der Waals surface area contributed by atoms with Crippen molar-refractivity contribution in [2.45, 2.75) is 20.4 Å². The van der Waals surface area contributed by atoms with E-state index in [2.05, 4.69) is 0 Å². The van der Waals surface area contributed by atoms with E-state index in [0.717, 1.165) is 16.8 Å². The molecule has 0 saturated carbocycles. The van der Waals surface area contributed by atoms with Gasteiger partial charge in [-0.3, -0.25) is 19.7 Å². The van der Waals surface area contributed by atoms with Crippen molar-refractivity contribution >= 4 is 11.5 Å². The largest absolute Gasteiger partial charge is 0.301 e. The summed E-state index contributed by atoms with van der Waals surface area (Å²) in [6.45, 7) is 2.63. The molecule has 0 aliphatic carbocycles. The molecule has 0 aliphatic rings. The van der Waals surface area contributed by atoms with Crippen molar-refractivity contribution in [1.82, 2.24) is 4.57 Å². The van der Waals surface area contributed by atoms with Gasteiger partial charge in [0.1, 0.15) is 5.82 Å². The average Bonchev–Trinajstić information content (AvgIpc) is 2.44. The standard InChI is InChI=1S/C15H13FN2O4/c1-9-5-11(3-4-12(9)16)14(19)8-17-7-13(18(21)22)10(2)6-15(17)20/h3-7H,8H2,1-2H3. The van der Waals surface area contributed by atoms with Crippen LogP contribution in [0.3, 0.4) is 0 Å². The number of hydrogen-bond acceptors (Lipinski definition) is 4. The van der Waals surface area contributed by atoms with Crippen LogP contribution in [0.15, 0.2) is 35.3 Å². The van der Waals surface area contributed by atoms with Gasteiger partial charge in [-0.2, -0.15) is 0 Å². The molecule has 0 bridgehead atoms. The van der Waals surface area contributed by atoms with Crippen molar-refractivity contribution in [3.63, 3.8) is 0 Å². The van der Waals surface area contributed by atoms with Crippen molar-refractivity contribution in [1.29, 1.82) is 0 Å². The Hall–Kier alpha value is -2.83. The third kappa shape index (κ3) is 3.08. The number of ketones is 1. The number of halogens is 1. The van der Waals surface area contributed by atoms with Crippen LogP contribution < -0.4 is 5.56 Å². The van der Waals surface area contributed by atoms with E-state index in [1.165, 1.54) is 32.0 Å². The summed E-state index contributed by atoms with van der Waals surface area (Å²) < 4.78 is 14.2. The minimum atomic E-state index is -0.613. The maximum atomic E-state index is 13.2. The number of benzene rings is 1. The molecular formula is C15H13FN2O4. The van der Waals surface area contributed by atoms with Gasteiger partial charge in [0.15, 0.2) is 5.78 Å². The number of carbonyl (C=O) groups excluding carboxylic acids is 1. The summed E-state index contributed by atoms with van der Waals surface area (Å²) in [6, 6.07) is 4.98. The average molecular weight is 304 g/mol. The molecular weight excluding hydrogens is 291 g/mol. The van der Waals surface area contributed by atoms with Crippen molar-refractivity contribution in [3.8, 4) is 0 Å². The minimum absolute atomic E-state index is 0.233. The van der Waals surface area contributed by atoms with Gasteiger partial charge in [-0.25, -0.2) is 4.39 Å². The summed E-state index contributed by atoms with van der Waals surface area (Å²) in [5.74, 6) is -0.858. The molecule has 1 aromatic heterocycles. The van der Waals surface area contributed by atoms with Crippen molar-refractivity contribution in [2.24, 2.45) is 0 Å². The van der Waals surface area contributed by atoms with Gasteiger partial charge in [-0.15, -0.1) is 0 Å². The molecule has 7 heteroatoms. The van der Waals surface area contributed by atoms with Gasteiger partial charge in [-0.1, -0.05) is 0 Å². The van der Waals surface area contributed by atoms with Crippen molar-refractivity contribution in [2.75, 3.05) is 0 Å². The summed E-state index contributed by atoms with van der Waals surface area (Å²) >= 11 is 0. The number of Topliss-reactive ketones (excluding diaryl/α,β-unsaturated/α-hetero) is 1. The summed E-state index contributed by atoms with van der Waals surface area (Å²) in [4.78, 5) is 34.2. The molecule has 0 spiro atoms. The van der Waals surface area contributed by atoms with E-state index in [-0.39, 0.29) is 23.4 Å². The van der Waals surface area contributed by atoms with Crippen molar-refractivity contribution < 1.29 is 14.1 Å². The topological polar surface area (TPSA) is 82.2 Å². The molecule has 2 aromatic rings. The summed E-state index contributed by atoms with van der Waals surface area (Å²) in [5.41, 5.74) is 0.0522. The van der Waals surface area contributed by atoms with Gasteiger partial charge < -0.3 is 4.57 Å². The maximum absolute atomic E-state index is 13.2. The highest BCUT2D eigenvalue weighted by Crippen LogP contribution is 2.15. The van der Waals surface area contributed by atoms with Gasteiger partial charge in [0.05, 0.1) is 17.7 Å². The lowest BCUT2D eigenvalue weighted by atomic mass is 10.1. The van der Waals surface area contributed by atoms with E-state index in [0.29, 0.717) is 5.56 Å². The first-order valence-electron chi connectivity index (χ1n) is 6.44. The fourth-order valence-corrected chi connectivity index (χ4v) is 2.03. The molecule has 0 radical (unpaired) electrons. The highest BCUT2D eigenvalue weighted by Gasteiger charge is 2.16. The number of aryl methyl sites for hydroxylation is 2. The number of rotatable bonds is 4. The second-order valence-electron chi connectivity index (χ2n) is 4.95. The van der Waals surface area contributed by atoms with Crippen LogP contribution in [0.4, 0.5) is 10.1 Å². The zero-order valence-electron chi connectivity index (χ0n) is 12.0. The Morgan fingerprint density at radius 2 is 1.95 bits per heavy atom. The first kappa shape index (κ1) is 15.6. The number of carbonyl (C=O) groups is 1. The Labute approximate surface area is 125 Å². The molecule has 6 nitrogen and oxygen atoms in total. The quantitative estimate of drug-likeness (QED) is 0.493. The predicted octanol–water partition coefficient (Wildman–Crippen LogP) is 2.40. The van der Waals surface area contributed by atoms with Gasteiger partial charge in [0.2, 0.25) is 0 Å². The summed E-state index contributed by atoms with van der Waals surface area (Å²) in [6.07, 6.45) is 1.05. The van der Waals surface area contributed by atoms with Gasteiger partial charge >= 0.3 is 0 Å². The highest BCUT2D eigenvalue weighted by atomic mass is 19.1. The van der Waals surface area contributed by atoms with E-state index in [4.69, 9.17) is 0 Å². The lowest BCUT2D eigenvalue weighted by Gasteiger charge is -2.07. The normalized spacial score (nSPS) is 10.5. The zero-order valence-corrected chi connectivity index (χ0v) is 12.0. The molecule has 0 unspecified atom stereocenters. The summed E-state index contributed by atoms with van der Waals surface area (Å²) in [5, 5.41) is 10.9. The Bertz CT molecular complexity index is 827. The third-order valence-corrected chi connectivity index (χ3v) is 3.30. The molecule has 2 rings (SSSR count). The lowest BCUT2D eigenvalue weighted by molar-refractivity contribution is -0.385. The fourth-order valence-electron chi connectivity index (χ4n) is 2.03. The van der Waals surface area contributed by atoms with E-state index in [9.17, 15) is 24.1 Å².